The molecule has 0 unspecified atom stereocenters. The van der Waals surface area contributed by atoms with E-state index in [1.807, 2.05) is 24.3 Å². The highest BCUT2D eigenvalue weighted by Crippen LogP contribution is 2.22. The molecule has 0 radical (unpaired) electrons. The Morgan fingerprint density at radius 2 is 1.76 bits per heavy atom. The fourth-order valence-electron chi connectivity index (χ4n) is 1.55. The average Bonchev–Trinajstić information content (AvgIpc) is 2.78. The lowest BCUT2D eigenvalue weighted by molar-refractivity contribution is 0.414. The molecule has 1 aromatic heterocycles. The Morgan fingerprint density at radius 1 is 1.12 bits per heavy atom. The monoisotopic (exact) mass is 232 g/mol. The van der Waals surface area contributed by atoms with Crippen molar-refractivity contribution in [3.63, 3.8) is 0 Å². The van der Waals surface area contributed by atoms with E-state index in [9.17, 15) is 0 Å². The van der Waals surface area contributed by atoms with Crippen molar-refractivity contribution in [2.75, 3.05) is 7.11 Å². The van der Waals surface area contributed by atoms with Gasteiger partial charge < -0.3 is 4.74 Å². The van der Waals surface area contributed by atoms with Crippen LogP contribution in [0.15, 0.2) is 24.3 Å². The number of rotatable bonds is 2. The minimum atomic E-state index is -0.0938. The molecule has 0 atom stereocenters. The minimum Gasteiger partial charge on any atom is -0.497 e. The van der Waals surface area contributed by atoms with Crippen molar-refractivity contribution in [3.8, 4) is 11.4 Å². The van der Waals surface area contributed by atoms with Crippen LogP contribution >= 0.6 is 0 Å². The van der Waals surface area contributed by atoms with Gasteiger partial charge in [0, 0.05) is 5.41 Å². The molecule has 0 bridgehead atoms. The molecule has 17 heavy (non-hydrogen) atoms. The SMILES string of the molecule is COc1ccc(-n2nnnc2C(C)(C)C)cc1. The molecular weight excluding hydrogens is 216 g/mol. The summed E-state index contributed by atoms with van der Waals surface area (Å²) in [6.07, 6.45) is 0. The van der Waals surface area contributed by atoms with Crippen molar-refractivity contribution in [2.24, 2.45) is 0 Å². The van der Waals surface area contributed by atoms with Crippen LogP contribution < -0.4 is 4.74 Å². The third kappa shape index (κ3) is 2.27. The van der Waals surface area contributed by atoms with Gasteiger partial charge in [-0.15, -0.1) is 5.10 Å². The standard InChI is InChI=1S/C12H16N4O/c1-12(2,3)11-13-14-15-16(11)9-5-7-10(17-4)8-6-9/h5-8H,1-4H3. The van der Waals surface area contributed by atoms with Crippen molar-refractivity contribution < 1.29 is 4.74 Å². The maximum absolute atomic E-state index is 5.12. The second kappa shape index (κ2) is 4.16. The first-order valence-corrected chi connectivity index (χ1v) is 5.45. The van der Waals surface area contributed by atoms with Gasteiger partial charge in [0.25, 0.3) is 0 Å². The Balaban J connectivity index is 2.43. The molecule has 5 nitrogen and oxygen atoms in total. The maximum Gasteiger partial charge on any atom is 0.162 e. The molecule has 1 aromatic carbocycles. The van der Waals surface area contributed by atoms with Crippen molar-refractivity contribution >= 4 is 0 Å². The molecule has 0 aliphatic rings. The van der Waals surface area contributed by atoms with Crippen molar-refractivity contribution in [1.82, 2.24) is 20.2 Å². The number of hydrogen-bond acceptors (Lipinski definition) is 4. The summed E-state index contributed by atoms with van der Waals surface area (Å²) < 4.78 is 6.87. The lowest BCUT2D eigenvalue weighted by atomic mass is 9.96. The van der Waals surface area contributed by atoms with E-state index in [0.29, 0.717) is 0 Å². The van der Waals surface area contributed by atoms with Crippen LogP contribution in [0.4, 0.5) is 0 Å². The van der Waals surface area contributed by atoms with Crippen LogP contribution in [-0.4, -0.2) is 27.3 Å². The number of benzene rings is 1. The topological polar surface area (TPSA) is 52.8 Å². The fraction of sp³-hybridized carbons (Fsp3) is 0.417. The smallest absolute Gasteiger partial charge is 0.162 e. The summed E-state index contributed by atoms with van der Waals surface area (Å²) in [6, 6.07) is 7.65. The van der Waals surface area contributed by atoms with Crippen LogP contribution in [0.2, 0.25) is 0 Å². The highest BCUT2D eigenvalue weighted by atomic mass is 16.5. The predicted molar refractivity (Wildman–Crippen MR) is 64.4 cm³/mol. The van der Waals surface area contributed by atoms with Crippen LogP contribution in [0.5, 0.6) is 5.75 Å². The highest BCUT2D eigenvalue weighted by Gasteiger charge is 2.22. The number of nitrogens with zero attached hydrogens (tertiary/aromatic N) is 4. The molecule has 90 valence electrons. The second-order valence-electron chi connectivity index (χ2n) is 4.86. The van der Waals surface area contributed by atoms with Crippen LogP contribution in [0, 0.1) is 0 Å². The molecule has 0 amide bonds. The molecule has 5 heteroatoms. The quantitative estimate of drug-likeness (QED) is 0.794. The van der Waals surface area contributed by atoms with E-state index in [1.165, 1.54) is 0 Å². The first-order chi connectivity index (χ1) is 8.02. The van der Waals surface area contributed by atoms with Gasteiger partial charge in [0.05, 0.1) is 12.8 Å². The van der Waals surface area contributed by atoms with Gasteiger partial charge in [0.2, 0.25) is 0 Å². The summed E-state index contributed by atoms with van der Waals surface area (Å²) in [7, 11) is 1.65. The zero-order valence-corrected chi connectivity index (χ0v) is 10.5. The van der Waals surface area contributed by atoms with Crippen molar-refractivity contribution in [3.05, 3.63) is 30.1 Å². The maximum atomic E-state index is 5.12. The Kier molecular flexibility index (Phi) is 2.83. The van der Waals surface area contributed by atoms with E-state index in [-0.39, 0.29) is 5.41 Å². The van der Waals surface area contributed by atoms with Crippen LogP contribution in [0.25, 0.3) is 5.69 Å². The van der Waals surface area contributed by atoms with Crippen LogP contribution in [0.3, 0.4) is 0 Å². The largest absolute Gasteiger partial charge is 0.497 e. The molecule has 0 saturated carbocycles. The summed E-state index contributed by atoms with van der Waals surface area (Å²) in [5.74, 6) is 1.65. The Morgan fingerprint density at radius 3 is 2.29 bits per heavy atom. The van der Waals surface area contributed by atoms with Crippen LogP contribution in [-0.2, 0) is 5.41 Å². The number of aromatic nitrogens is 4. The zero-order chi connectivity index (χ0) is 12.5. The van der Waals surface area contributed by atoms with E-state index < -0.39 is 0 Å². The van der Waals surface area contributed by atoms with E-state index >= 15 is 0 Å². The third-order valence-electron chi connectivity index (χ3n) is 2.46. The zero-order valence-electron chi connectivity index (χ0n) is 10.5. The Labute approximate surface area is 100 Å². The second-order valence-corrected chi connectivity index (χ2v) is 4.86. The Bertz CT molecular complexity index is 496. The van der Waals surface area contributed by atoms with Gasteiger partial charge >= 0.3 is 0 Å². The first-order valence-electron chi connectivity index (χ1n) is 5.45. The van der Waals surface area contributed by atoms with Crippen molar-refractivity contribution in [1.29, 1.82) is 0 Å². The number of hydrogen-bond donors (Lipinski definition) is 0. The molecule has 0 N–H and O–H groups in total. The molecule has 0 aliphatic heterocycles. The molecule has 0 saturated heterocycles. The van der Waals surface area contributed by atoms with Gasteiger partial charge in [-0.3, -0.25) is 0 Å². The van der Waals surface area contributed by atoms with E-state index in [1.54, 1.807) is 11.8 Å². The van der Waals surface area contributed by atoms with Crippen molar-refractivity contribution in [2.45, 2.75) is 26.2 Å². The van der Waals surface area contributed by atoms with Gasteiger partial charge in [-0.1, -0.05) is 20.8 Å². The van der Waals surface area contributed by atoms with Gasteiger partial charge in [-0.2, -0.15) is 4.68 Å². The average molecular weight is 232 g/mol. The molecule has 1 heterocycles. The molecule has 2 aromatic rings. The molecule has 0 fully saturated rings. The number of tetrazole rings is 1. The normalized spacial score (nSPS) is 11.5. The molecule has 0 aliphatic carbocycles. The summed E-state index contributed by atoms with van der Waals surface area (Å²) in [5, 5.41) is 11.8. The summed E-state index contributed by atoms with van der Waals surface area (Å²) in [5.41, 5.74) is 0.837. The number of methoxy groups -OCH3 is 1. The molecule has 2 rings (SSSR count). The summed E-state index contributed by atoms with van der Waals surface area (Å²) in [6.45, 7) is 6.25. The first kappa shape index (κ1) is 11.6. The van der Waals surface area contributed by atoms with Gasteiger partial charge in [0.15, 0.2) is 5.82 Å². The minimum absolute atomic E-state index is 0.0938. The van der Waals surface area contributed by atoms with Gasteiger partial charge in [-0.05, 0) is 34.7 Å². The number of ether oxygens (including phenoxy) is 1. The van der Waals surface area contributed by atoms with E-state index in [4.69, 9.17) is 4.74 Å². The molecular formula is C12H16N4O. The van der Waals surface area contributed by atoms with Crippen LogP contribution in [0.1, 0.15) is 26.6 Å². The Hall–Kier alpha value is -1.91. The molecule has 0 spiro atoms. The predicted octanol–water partition coefficient (Wildman–Crippen LogP) is 1.97. The van der Waals surface area contributed by atoms with E-state index in [2.05, 4.69) is 36.3 Å². The third-order valence-corrected chi connectivity index (χ3v) is 2.46. The highest BCUT2D eigenvalue weighted by molar-refractivity contribution is 5.37. The summed E-state index contributed by atoms with van der Waals surface area (Å²) in [4.78, 5) is 0. The van der Waals surface area contributed by atoms with Gasteiger partial charge in [0.1, 0.15) is 5.75 Å². The lowest BCUT2D eigenvalue weighted by Gasteiger charge is -2.17. The lowest BCUT2D eigenvalue weighted by Crippen LogP contribution is -2.18. The fourth-order valence-corrected chi connectivity index (χ4v) is 1.55. The van der Waals surface area contributed by atoms with E-state index in [0.717, 1.165) is 17.3 Å². The summed E-state index contributed by atoms with van der Waals surface area (Å²) >= 11 is 0. The van der Waals surface area contributed by atoms with Gasteiger partial charge in [-0.25, -0.2) is 0 Å².